The summed E-state index contributed by atoms with van der Waals surface area (Å²) in [6.07, 6.45) is -0.258. The Morgan fingerprint density at radius 1 is 1.46 bits per heavy atom. The monoisotopic (exact) mass is 178 g/mol. The third kappa shape index (κ3) is 1.37. The Hall–Kier alpha value is -1.18. The van der Waals surface area contributed by atoms with E-state index >= 15 is 0 Å². The van der Waals surface area contributed by atoms with Crippen LogP contribution in [0.15, 0.2) is 18.2 Å². The van der Waals surface area contributed by atoms with Crippen LogP contribution in [0.3, 0.4) is 0 Å². The van der Waals surface area contributed by atoms with Crippen LogP contribution in [0.25, 0.3) is 0 Å². The second-order valence-corrected chi connectivity index (χ2v) is 3.53. The van der Waals surface area contributed by atoms with Crippen molar-refractivity contribution in [3.63, 3.8) is 0 Å². The molecule has 0 aliphatic heterocycles. The van der Waals surface area contributed by atoms with Crippen molar-refractivity contribution in [1.82, 2.24) is 0 Å². The minimum Gasteiger partial charge on any atom is -0.291 e. The summed E-state index contributed by atoms with van der Waals surface area (Å²) >= 11 is 0. The fraction of sp³-hybridized carbons (Fsp3) is 0.364. The van der Waals surface area contributed by atoms with Crippen molar-refractivity contribution in [3.8, 4) is 0 Å². The summed E-state index contributed by atoms with van der Waals surface area (Å²) in [5.41, 5.74) is 2.59. The minimum atomic E-state index is -1.28. The van der Waals surface area contributed by atoms with Crippen LogP contribution in [-0.4, -0.2) is 12.0 Å². The van der Waals surface area contributed by atoms with Gasteiger partial charge in [0.2, 0.25) is 0 Å². The fourth-order valence-corrected chi connectivity index (χ4v) is 1.72. The predicted molar refractivity (Wildman–Crippen MR) is 48.7 cm³/mol. The third-order valence-corrected chi connectivity index (χ3v) is 2.48. The van der Waals surface area contributed by atoms with E-state index in [1.807, 2.05) is 19.1 Å². The van der Waals surface area contributed by atoms with Crippen molar-refractivity contribution in [2.75, 3.05) is 0 Å². The number of hydrogen-bond acceptors (Lipinski definition) is 1. The van der Waals surface area contributed by atoms with Gasteiger partial charge in [-0.15, -0.1) is 0 Å². The molecule has 2 heteroatoms. The molecule has 1 aliphatic carbocycles. The molecule has 0 fully saturated rings. The van der Waals surface area contributed by atoms with Crippen LogP contribution in [0.1, 0.15) is 27.9 Å². The van der Waals surface area contributed by atoms with E-state index in [9.17, 15) is 9.18 Å². The number of halogens is 1. The first-order chi connectivity index (χ1) is 6.18. The van der Waals surface area contributed by atoms with Gasteiger partial charge in [-0.25, -0.2) is 4.39 Å². The van der Waals surface area contributed by atoms with Crippen LogP contribution in [0.5, 0.6) is 0 Å². The summed E-state index contributed by atoms with van der Waals surface area (Å²) in [6.45, 7) is 1.91. The number of ketones is 1. The van der Waals surface area contributed by atoms with Gasteiger partial charge in [0.15, 0.2) is 12.0 Å². The van der Waals surface area contributed by atoms with E-state index in [4.69, 9.17) is 0 Å². The number of carbonyl (C=O) groups excluding carboxylic acids is 1. The third-order valence-electron chi connectivity index (χ3n) is 2.48. The molecule has 1 unspecified atom stereocenters. The van der Waals surface area contributed by atoms with Crippen molar-refractivity contribution in [2.45, 2.75) is 25.9 Å². The molecule has 0 amide bonds. The molecular weight excluding hydrogens is 167 g/mol. The first kappa shape index (κ1) is 8.42. The zero-order chi connectivity index (χ0) is 9.42. The lowest BCUT2D eigenvalue weighted by molar-refractivity contribution is 0.0856. The van der Waals surface area contributed by atoms with Crippen molar-refractivity contribution >= 4 is 5.78 Å². The molecule has 68 valence electrons. The number of carbonyl (C=O) groups is 1. The molecule has 1 aromatic rings. The van der Waals surface area contributed by atoms with Crippen LogP contribution in [0.4, 0.5) is 4.39 Å². The molecule has 2 rings (SSSR count). The fourth-order valence-electron chi connectivity index (χ4n) is 1.72. The molecule has 1 nitrogen and oxygen atoms in total. The average molecular weight is 178 g/mol. The van der Waals surface area contributed by atoms with Gasteiger partial charge >= 0.3 is 0 Å². The highest BCUT2D eigenvalue weighted by atomic mass is 19.1. The highest BCUT2D eigenvalue weighted by molar-refractivity contribution is 6.01. The number of fused-ring (bicyclic) bond motifs is 1. The Kier molecular flexibility index (Phi) is 1.91. The number of alkyl halides is 1. The zero-order valence-corrected chi connectivity index (χ0v) is 7.51. The Morgan fingerprint density at radius 3 is 3.00 bits per heavy atom. The summed E-state index contributed by atoms with van der Waals surface area (Å²) in [7, 11) is 0. The van der Waals surface area contributed by atoms with Crippen molar-refractivity contribution < 1.29 is 9.18 Å². The lowest BCUT2D eigenvalue weighted by Crippen LogP contribution is -2.23. The summed E-state index contributed by atoms with van der Waals surface area (Å²) in [6, 6.07) is 5.67. The maximum atomic E-state index is 13.0. The van der Waals surface area contributed by atoms with Crippen molar-refractivity contribution in [1.29, 1.82) is 0 Å². The molecule has 0 heterocycles. The van der Waals surface area contributed by atoms with Gasteiger partial charge in [0.05, 0.1) is 0 Å². The molecule has 0 saturated heterocycles. The van der Waals surface area contributed by atoms with E-state index < -0.39 is 6.17 Å². The Labute approximate surface area is 76.6 Å². The molecule has 1 aliphatic rings. The van der Waals surface area contributed by atoms with Crippen LogP contribution < -0.4 is 0 Å². The zero-order valence-electron chi connectivity index (χ0n) is 7.51. The Bertz CT molecular complexity index is 357. The molecule has 0 N–H and O–H groups in total. The van der Waals surface area contributed by atoms with Crippen molar-refractivity contribution in [2.24, 2.45) is 0 Å². The van der Waals surface area contributed by atoms with Crippen molar-refractivity contribution in [3.05, 3.63) is 34.9 Å². The summed E-state index contributed by atoms with van der Waals surface area (Å²) in [5, 5.41) is 0. The maximum absolute atomic E-state index is 13.0. The highest BCUT2D eigenvalue weighted by Crippen LogP contribution is 2.23. The molecule has 1 atom stereocenters. The summed E-state index contributed by atoms with van der Waals surface area (Å²) < 4.78 is 13.0. The van der Waals surface area contributed by atoms with E-state index in [0.717, 1.165) is 11.1 Å². The molecular formula is C11H11FO. The van der Waals surface area contributed by atoms with Gasteiger partial charge in [-0.2, -0.15) is 0 Å². The lowest BCUT2D eigenvalue weighted by atomic mass is 9.88. The number of benzene rings is 1. The van der Waals surface area contributed by atoms with Crippen LogP contribution in [0, 0.1) is 6.92 Å². The van der Waals surface area contributed by atoms with Crippen LogP contribution >= 0.6 is 0 Å². The van der Waals surface area contributed by atoms with Gasteiger partial charge in [-0.3, -0.25) is 4.79 Å². The Balaban J connectivity index is 2.51. The first-order valence-electron chi connectivity index (χ1n) is 4.46. The smallest absolute Gasteiger partial charge is 0.197 e. The van der Waals surface area contributed by atoms with E-state index in [-0.39, 0.29) is 5.78 Å². The molecule has 0 radical (unpaired) electrons. The van der Waals surface area contributed by atoms with E-state index in [1.165, 1.54) is 0 Å². The largest absolute Gasteiger partial charge is 0.291 e. The summed E-state index contributed by atoms with van der Waals surface area (Å²) in [4.78, 5) is 11.4. The first-order valence-corrected chi connectivity index (χ1v) is 4.46. The van der Waals surface area contributed by atoms with E-state index in [1.54, 1.807) is 6.07 Å². The maximum Gasteiger partial charge on any atom is 0.197 e. The molecule has 0 bridgehead atoms. The topological polar surface area (TPSA) is 17.1 Å². The van der Waals surface area contributed by atoms with Gasteiger partial charge in [-0.1, -0.05) is 17.7 Å². The molecule has 1 aromatic carbocycles. The van der Waals surface area contributed by atoms with Gasteiger partial charge in [0.1, 0.15) is 0 Å². The standard InChI is InChI=1S/C11H11FO/c1-7-2-3-8-4-5-10(12)11(13)9(8)6-7/h2-3,6,10H,4-5H2,1H3. The SMILES string of the molecule is Cc1ccc2c(c1)C(=O)C(F)CC2. The van der Waals surface area contributed by atoms with Gasteiger partial charge < -0.3 is 0 Å². The summed E-state index contributed by atoms with van der Waals surface area (Å²) in [5.74, 6) is -0.343. The van der Waals surface area contributed by atoms with Crippen LogP contribution in [0.2, 0.25) is 0 Å². The quantitative estimate of drug-likeness (QED) is 0.596. The highest BCUT2D eigenvalue weighted by Gasteiger charge is 2.26. The molecule has 0 saturated carbocycles. The molecule has 0 spiro atoms. The molecule has 0 aromatic heterocycles. The number of hydrogen-bond donors (Lipinski definition) is 0. The normalized spacial score (nSPS) is 21.4. The van der Waals surface area contributed by atoms with Gasteiger partial charge in [0.25, 0.3) is 0 Å². The minimum absolute atomic E-state index is 0.342. The van der Waals surface area contributed by atoms with Gasteiger partial charge in [-0.05, 0) is 31.4 Å². The Morgan fingerprint density at radius 2 is 2.23 bits per heavy atom. The van der Waals surface area contributed by atoms with E-state index in [0.29, 0.717) is 18.4 Å². The average Bonchev–Trinajstić information content (AvgIpc) is 2.12. The van der Waals surface area contributed by atoms with Crippen LogP contribution in [-0.2, 0) is 6.42 Å². The predicted octanol–water partition coefficient (Wildman–Crippen LogP) is 2.46. The second-order valence-electron chi connectivity index (χ2n) is 3.53. The number of rotatable bonds is 0. The number of Topliss-reactive ketones (excluding diaryl/α,β-unsaturated/α-hetero) is 1. The lowest BCUT2D eigenvalue weighted by Gasteiger charge is -2.17. The van der Waals surface area contributed by atoms with Gasteiger partial charge in [0, 0.05) is 5.56 Å². The van der Waals surface area contributed by atoms with E-state index in [2.05, 4.69) is 0 Å². The second kappa shape index (κ2) is 2.95. The molecule has 13 heavy (non-hydrogen) atoms. The number of aryl methyl sites for hydroxylation is 2.